The first-order chi connectivity index (χ1) is 16.4. The number of nitrogens with zero attached hydrogens (tertiary/aromatic N) is 2. The summed E-state index contributed by atoms with van der Waals surface area (Å²) in [6.45, 7) is 2.84. The van der Waals surface area contributed by atoms with Crippen molar-refractivity contribution in [3.8, 4) is 17.2 Å². The highest BCUT2D eigenvalue weighted by Crippen LogP contribution is 2.36. The zero-order chi connectivity index (χ0) is 24.2. The summed E-state index contributed by atoms with van der Waals surface area (Å²) >= 11 is 0. The van der Waals surface area contributed by atoms with Crippen molar-refractivity contribution in [2.24, 2.45) is 0 Å². The van der Waals surface area contributed by atoms with Crippen LogP contribution in [0, 0.1) is 0 Å². The second-order valence-electron chi connectivity index (χ2n) is 7.89. The Morgan fingerprint density at radius 2 is 1.74 bits per heavy atom. The summed E-state index contributed by atoms with van der Waals surface area (Å²) in [7, 11) is 3.17. The monoisotopic (exact) mass is 462 g/mol. The molecule has 4 aromatic rings. The van der Waals surface area contributed by atoms with Crippen molar-refractivity contribution >= 4 is 28.5 Å². The molecule has 0 aliphatic rings. The lowest BCUT2D eigenvalue weighted by Crippen LogP contribution is -2.25. The van der Waals surface area contributed by atoms with Crippen LogP contribution in [0.3, 0.4) is 0 Å². The van der Waals surface area contributed by atoms with Gasteiger partial charge in [-0.3, -0.25) is 0 Å². The molecule has 2 heterocycles. The molecule has 2 aromatic heterocycles. The van der Waals surface area contributed by atoms with Crippen molar-refractivity contribution in [1.29, 1.82) is 0 Å². The molecule has 0 aliphatic carbocycles. The fraction of sp³-hybridized carbons (Fsp3) is 0.231. The van der Waals surface area contributed by atoms with Gasteiger partial charge in [0.1, 0.15) is 17.0 Å². The predicted octanol–water partition coefficient (Wildman–Crippen LogP) is 4.87. The number of amides is 1. The normalized spacial score (nSPS) is 10.9. The van der Waals surface area contributed by atoms with Gasteiger partial charge in [-0.15, -0.1) is 0 Å². The van der Waals surface area contributed by atoms with Crippen molar-refractivity contribution in [2.45, 2.75) is 13.3 Å². The van der Waals surface area contributed by atoms with Crippen LogP contribution in [0.25, 0.3) is 16.4 Å². The van der Waals surface area contributed by atoms with Crippen molar-refractivity contribution in [3.05, 3.63) is 71.9 Å². The van der Waals surface area contributed by atoms with Crippen LogP contribution in [-0.2, 0) is 6.42 Å². The minimum absolute atomic E-state index is 0.136. The molecule has 176 valence electrons. The number of benzene rings is 2. The van der Waals surface area contributed by atoms with Gasteiger partial charge < -0.3 is 28.6 Å². The summed E-state index contributed by atoms with van der Waals surface area (Å²) in [5.74, 6) is 0.312. The quantitative estimate of drug-likeness (QED) is 0.402. The van der Waals surface area contributed by atoms with Crippen LogP contribution < -0.4 is 14.2 Å². The number of fused-ring (bicyclic) bond motifs is 3. The molecule has 4 rings (SSSR count). The highest BCUT2D eigenvalue weighted by atomic mass is 16.6. The van der Waals surface area contributed by atoms with Gasteiger partial charge in [0.25, 0.3) is 0 Å². The summed E-state index contributed by atoms with van der Waals surface area (Å²) < 4.78 is 18.7. The van der Waals surface area contributed by atoms with E-state index < -0.39 is 12.1 Å². The number of ether oxygens (including phenoxy) is 3. The van der Waals surface area contributed by atoms with Crippen LogP contribution in [0.5, 0.6) is 17.2 Å². The molecule has 0 radical (unpaired) electrons. The number of pyridine rings is 1. The van der Waals surface area contributed by atoms with E-state index >= 15 is 0 Å². The molecule has 8 nitrogen and oxygen atoms in total. The highest BCUT2D eigenvalue weighted by Gasteiger charge is 2.23. The van der Waals surface area contributed by atoms with E-state index in [0.29, 0.717) is 41.8 Å². The van der Waals surface area contributed by atoms with E-state index in [1.165, 1.54) is 4.90 Å². The van der Waals surface area contributed by atoms with Gasteiger partial charge in [-0.05, 0) is 30.7 Å². The maximum absolute atomic E-state index is 12.2. The van der Waals surface area contributed by atoms with Crippen LogP contribution in [0.2, 0.25) is 0 Å². The van der Waals surface area contributed by atoms with Crippen molar-refractivity contribution in [3.63, 3.8) is 0 Å². The number of hydrogen-bond acceptors (Lipinski definition) is 5. The molecule has 34 heavy (non-hydrogen) atoms. The maximum atomic E-state index is 12.2. The summed E-state index contributed by atoms with van der Waals surface area (Å²) in [6, 6.07) is 16.5. The van der Waals surface area contributed by atoms with Crippen LogP contribution >= 0.6 is 0 Å². The number of carboxylic acid groups (broad SMARTS) is 1. The minimum Gasteiger partial charge on any atom is -0.494 e. The first kappa shape index (κ1) is 23.0. The third kappa shape index (κ3) is 4.61. The van der Waals surface area contributed by atoms with Crippen molar-refractivity contribution < 1.29 is 28.9 Å². The first-order valence-corrected chi connectivity index (χ1v) is 10.9. The number of rotatable bonds is 8. The average molecular weight is 463 g/mol. The number of carboxylic acids is 1. The van der Waals surface area contributed by atoms with Gasteiger partial charge in [-0.25, -0.2) is 9.59 Å². The van der Waals surface area contributed by atoms with Gasteiger partial charge in [0, 0.05) is 32.0 Å². The fourth-order valence-electron chi connectivity index (χ4n) is 3.77. The van der Waals surface area contributed by atoms with Crippen LogP contribution in [0.15, 0.2) is 60.8 Å². The largest absolute Gasteiger partial charge is 0.494 e. The molecule has 2 aromatic carbocycles. The van der Waals surface area contributed by atoms with Crippen LogP contribution in [0.1, 0.15) is 22.8 Å². The molecule has 0 bridgehead atoms. The fourth-order valence-corrected chi connectivity index (χ4v) is 3.77. The topological polar surface area (TPSA) is 89.7 Å². The number of para-hydroxylation sites is 1. The maximum Gasteiger partial charge on any atom is 0.414 e. The van der Waals surface area contributed by atoms with E-state index in [1.54, 1.807) is 42.9 Å². The Labute approximate surface area is 196 Å². The lowest BCUT2D eigenvalue weighted by Gasteiger charge is -2.14. The van der Waals surface area contributed by atoms with Gasteiger partial charge >= 0.3 is 12.1 Å². The number of aromatic nitrogens is 1. The molecule has 0 saturated carbocycles. The third-order valence-corrected chi connectivity index (χ3v) is 5.34. The molecular weight excluding hydrogens is 436 g/mol. The molecule has 0 aliphatic heterocycles. The van der Waals surface area contributed by atoms with Crippen LogP contribution in [-0.4, -0.2) is 53.8 Å². The lowest BCUT2D eigenvalue weighted by atomic mass is 10.1. The molecule has 0 saturated heterocycles. The Balaban J connectivity index is 1.72. The van der Waals surface area contributed by atoms with Crippen molar-refractivity contribution in [1.82, 2.24) is 9.30 Å². The number of hydrogen-bond donors (Lipinski definition) is 1. The summed E-state index contributed by atoms with van der Waals surface area (Å²) in [5.41, 5.74) is 2.27. The molecule has 0 spiro atoms. The second-order valence-corrected chi connectivity index (χ2v) is 7.89. The standard InChI is InChI=1S/C26H26N2O6/c1-4-32-18-11-9-17(10-12-18)13-14-33-22-15-19(34-26(31)27(2)3)16-28-21-8-6-5-7-20(21)23(24(22)28)25(29)30/h5-12,15-16H,4,13-14H2,1-3H3,(H,29,30). The Morgan fingerprint density at radius 1 is 1.00 bits per heavy atom. The molecule has 8 heteroatoms. The zero-order valence-electron chi connectivity index (χ0n) is 19.3. The van der Waals surface area contributed by atoms with E-state index in [0.717, 1.165) is 11.3 Å². The van der Waals surface area contributed by atoms with E-state index in [2.05, 4.69) is 0 Å². The summed E-state index contributed by atoms with van der Waals surface area (Å²) in [6.07, 6.45) is 1.66. The molecule has 0 fully saturated rings. The first-order valence-electron chi connectivity index (χ1n) is 10.9. The Bertz CT molecular complexity index is 1340. The number of carbonyl (C=O) groups excluding carboxylic acids is 1. The van der Waals surface area contributed by atoms with Gasteiger partial charge in [-0.2, -0.15) is 0 Å². The van der Waals surface area contributed by atoms with Gasteiger partial charge in [-0.1, -0.05) is 30.3 Å². The lowest BCUT2D eigenvalue weighted by molar-refractivity contribution is 0.0700. The molecule has 1 amide bonds. The van der Waals surface area contributed by atoms with Gasteiger partial charge in [0.05, 0.1) is 30.5 Å². The second kappa shape index (κ2) is 9.74. The zero-order valence-corrected chi connectivity index (χ0v) is 19.3. The molecular formula is C26H26N2O6. The smallest absolute Gasteiger partial charge is 0.414 e. The number of aromatic carboxylic acids is 1. The van der Waals surface area contributed by atoms with Crippen LogP contribution in [0.4, 0.5) is 4.79 Å². The summed E-state index contributed by atoms with van der Waals surface area (Å²) in [5, 5.41) is 10.6. The van der Waals surface area contributed by atoms with E-state index in [9.17, 15) is 14.7 Å². The Hall–Kier alpha value is -4.20. The SMILES string of the molecule is CCOc1ccc(CCOc2cc(OC(=O)N(C)C)cn3c2c(C(=O)O)c2ccccc23)cc1. The van der Waals surface area contributed by atoms with Gasteiger partial charge in [0.2, 0.25) is 0 Å². The summed E-state index contributed by atoms with van der Waals surface area (Å²) in [4.78, 5) is 25.7. The Morgan fingerprint density at radius 3 is 2.41 bits per heavy atom. The Kier molecular flexibility index (Phi) is 6.58. The number of carbonyl (C=O) groups is 2. The van der Waals surface area contributed by atoms with E-state index in [4.69, 9.17) is 14.2 Å². The highest BCUT2D eigenvalue weighted by molar-refractivity contribution is 6.12. The van der Waals surface area contributed by atoms with Crippen molar-refractivity contribution in [2.75, 3.05) is 27.3 Å². The predicted molar refractivity (Wildman–Crippen MR) is 128 cm³/mol. The van der Waals surface area contributed by atoms with E-state index in [-0.39, 0.29) is 11.3 Å². The average Bonchev–Trinajstić information content (AvgIpc) is 3.15. The molecule has 0 unspecified atom stereocenters. The van der Waals surface area contributed by atoms with E-state index in [1.807, 2.05) is 43.3 Å². The minimum atomic E-state index is -1.06. The van der Waals surface area contributed by atoms with Gasteiger partial charge in [0.15, 0.2) is 5.75 Å². The molecule has 0 atom stereocenters. The molecule has 1 N–H and O–H groups in total. The third-order valence-electron chi connectivity index (χ3n) is 5.34.